The molecule has 31 heavy (non-hydrogen) atoms. The molecule has 0 atom stereocenters. The standard InChI is InChI=1S/C26H24N2O3/c1-17(2)18-9-13-20(14-10-18)27-24-23(19-11-15-22(31-3)16-12-19)25(29)28(26(24)30)21-7-5-4-6-8-21/h4-17,27H,1-3H3. The Morgan fingerprint density at radius 3 is 2.03 bits per heavy atom. The van der Waals surface area contributed by atoms with Gasteiger partial charge in [0.1, 0.15) is 11.4 Å². The lowest BCUT2D eigenvalue weighted by Gasteiger charge is -2.15. The van der Waals surface area contributed by atoms with E-state index < -0.39 is 0 Å². The topological polar surface area (TPSA) is 58.6 Å². The number of carbonyl (C=O) groups is 2. The summed E-state index contributed by atoms with van der Waals surface area (Å²) in [5.74, 6) is 0.351. The van der Waals surface area contributed by atoms with Gasteiger partial charge in [0, 0.05) is 5.69 Å². The third kappa shape index (κ3) is 3.94. The molecule has 1 aliphatic heterocycles. The van der Waals surface area contributed by atoms with E-state index in [1.165, 1.54) is 10.5 Å². The summed E-state index contributed by atoms with van der Waals surface area (Å²) in [5, 5.41) is 3.20. The van der Waals surface area contributed by atoms with E-state index in [-0.39, 0.29) is 17.5 Å². The molecular formula is C26H24N2O3. The normalized spacial score (nSPS) is 13.9. The van der Waals surface area contributed by atoms with Gasteiger partial charge in [0.25, 0.3) is 11.8 Å². The van der Waals surface area contributed by atoms with Crippen LogP contribution in [-0.4, -0.2) is 18.9 Å². The van der Waals surface area contributed by atoms with Crippen LogP contribution in [0.5, 0.6) is 5.75 Å². The largest absolute Gasteiger partial charge is 0.497 e. The molecule has 5 heteroatoms. The Morgan fingerprint density at radius 1 is 0.806 bits per heavy atom. The van der Waals surface area contributed by atoms with Gasteiger partial charge in [0.15, 0.2) is 0 Å². The van der Waals surface area contributed by atoms with E-state index in [1.54, 1.807) is 55.6 Å². The van der Waals surface area contributed by atoms with Crippen LogP contribution in [0.3, 0.4) is 0 Å². The molecule has 0 unspecified atom stereocenters. The van der Waals surface area contributed by atoms with Crippen molar-refractivity contribution in [2.45, 2.75) is 19.8 Å². The molecule has 5 nitrogen and oxygen atoms in total. The first-order chi connectivity index (χ1) is 15.0. The van der Waals surface area contributed by atoms with Gasteiger partial charge in [0.2, 0.25) is 0 Å². The first-order valence-electron chi connectivity index (χ1n) is 10.2. The zero-order valence-corrected chi connectivity index (χ0v) is 17.8. The molecule has 4 rings (SSSR count). The summed E-state index contributed by atoms with van der Waals surface area (Å²) < 4.78 is 5.23. The van der Waals surface area contributed by atoms with E-state index in [0.717, 1.165) is 5.69 Å². The van der Waals surface area contributed by atoms with Crippen molar-refractivity contribution in [2.75, 3.05) is 17.3 Å². The number of imide groups is 1. The Balaban J connectivity index is 1.77. The van der Waals surface area contributed by atoms with Crippen LogP contribution in [0, 0.1) is 0 Å². The molecule has 0 radical (unpaired) electrons. The monoisotopic (exact) mass is 412 g/mol. The third-order valence-electron chi connectivity index (χ3n) is 5.32. The minimum atomic E-state index is -0.380. The number of carbonyl (C=O) groups excluding carboxylic acids is 2. The first kappa shape index (κ1) is 20.4. The molecule has 156 valence electrons. The van der Waals surface area contributed by atoms with Crippen LogP contribution in [0.15, 0.2) is 84.6 Å². The molecule has 0 aromatic heterocycles. The van der Waals surface area contributed by atoms with E-state index in [0.29, 0.717) is 28.5 Å². The summed E-state index contributed by atoms with van der Waals surface area (Å²) in [6.07, 6.45) is 0. The maximum absolute atomic E-state index is 13.4. The lowest BCUT2D eigenvalue weighted by Crippen LogP contribution is -2.32. The van der Waals surface area contributed by atoms with E-state index in [4.69, 9.17) is 4.74 Å². The zero-order valence-electron chi connectivity index (χ0n) is 17.8. The van der Waals surface area contributed by atoms with Crippen LogP contribution in [0.2, 0.25) is 0 Å². The van der Waals surface area contributed by atoms with Gasteiger partial charge in [-0.25, -0.2) is 4.90 Å². The second-order valence-corrected chi connectivity index (χ2v) is 7.66. The quantitative estimate of drug-likeness (QED) is 0.564. The fourth-order valence-electron chi connectivity index (χ4n) is 3.58. The molecule has 1 aliphatic rings. The van der Waals surface area contributed by atoms with E-state index in [1.807, 2.05) is 30.3 Å². The highest BCUT2D eigenvalue weighted by Crippen LogP contribution is 2.34. The molecule has 0 bridgehead atoms. The molecule has 1 N–H and O–H groups in total. The number of nitrogens with zero attached hydrogens (tertiary/aromatic N) is 1. The molecule has 0 fully saturated rings. The number of anilines is 2. The SMILES string of the molecule is COc1ccc(C2=C(Nc3ccc(C(C)C)cc3)C(=O)N(c3ccccc3)C2=O)cc1. The Hall–Kier alpha value is -3.86. The van der Waals surface area contributed by atoms with Gasteiger partial charge in [0.05, 0.1) is 18.4 Å². The van der Waals surface area contributed by atoms with Crippen molar-refractivity contribution in [3.8, 4) is 5.75 Å². The molecule has 0 aliphatic carbocycles. The predicted octanol–water partition coefficient (Wildman–Crippen LogP) is 5.22. The molecule has 3 aromatic rings. The predicted molar refractivity (Wildman–Crippen MR) is 123 cm³/mol. The Bertz CT molecular complexity index is 1130. The molecule has 0 saturated heterocycles. The van der Waals surface area contributed by atoms with Gasteiger partial charge in [-0.2, -0.15) is 0 Å². The molecule has 0 saturated carbocycles. The molecule has 0 spiro atoms. The average Bonchev–Trinajstić information content (AvgIpc) is 3.04. The van der Waals surface area contributed by atoms with Gasteiger partial charge in [-0.1, -0.05) is 56.3 Å². The van der Waals surface area contributed by atoms with E-state index in [2.05, 4.69) is 19.2 Å². The smallest absolute Gasteiger partial charge is 0.282 e. The number of benzene rings is 3. The third-order valence-corrected chi connectivity index (χ3v) is 5.32. The number of ether oxygens (including phenoxy) is 1. The molecular weight excluding hydrogens is 388 g/mol. The van der Waals surface area contributed by atoms with E-state index in [9.17, 15) is 9.59 Å². The fraction of sp³-hybridized carbons (Fsp3) is 0.154. The van der Waals surface area contributed by atoms with Crippen LogP contribution < -0.4 is 15.0 Å². The highest BCUT2D eigenvalue weighted by molar-refractivity contribution is 6.46. The van der Waals surface area contributed by atoms with Gasteiger partial charge < -0.3 is 10.1 Å². The lowest BCUT2D eigenvalue weighted by molar-refractivity contribution is -0.120. The maximum Gasteiger partial charge on any atom is 0.282 e. The fourth-order valence-corrected chi connectivity index (χ4v) is 3.58. The molecule has 2 amide bonds. The van der Waals surface area contributed by atoms with Crippen LogP contribution in [0.4, 0.5) is 11.4 Å². The van der Waals surface area contributed by atoms with Crippen molar-refractivity contribution in [3.05, 3.63) is 95.7 Å². The number of amides is 2. The van der Waals surface area contributed by atoms with Crippen LogP contribution in [0.1, 0.15) is 30.9 Å². The second kappa shape index (κ2) is 8.48. The van der Waals surface area contributed by atoms with Crippen molar-refractivity contribution >= 4 is 28.8 Å². The summed E-state index contributed by atoms with van der Waals surface area (Å²) in [6.45, 7) is 4.26. The summed E-state index contributed by atoms with van der Waals surface area (Å²) in [5.41, 5.74) is 3.74. The summed E-state index contributed by atoms with van der Waals surface area (Å²) in [6, 6.07) is 24.0. The minimum absolute atomic E-state index is 0.260. The van der Waals surface area contributed by atoms with E-state index >= 15 is 0 Å². The summed E-state index contributed by atoms with van der Waals surface area (Å²) >= 11 is 0. The van der Waals surface area contributed by atoms with Crippen molar-refractivity contribution in [1.82, 2.24) is 0 Å². The average molecular weight is 412 g/mol. The van der Waals surface area contributed by atoms with Crippen LogP contribution >= 0.6 is 0 Å². The number of para-hydroxylation sites is 1. The zero-order chi connectivity index (χ0) is 22.0. The first-order valence-corrected chi connectivity index (χ1v) is 10.2. The van der Waals surface area contributed by atoms with Crippen molar-refractivity contribution in [1.29, 1.82) is 0 Å². The van der Waals surface area contributed by atoms with Gasteiger partial charge >= 0.3 is 0 Å². The van der Waals surface area contributed by atoms with Crippen LogP contribution in [0.25, 0.3) is 5.57 Å². The summed E-state index contributed by atoms with van der Waals surface area (Å²) in [7, 11) is 1.59. The Kier molecular flexibility index (Phi) is 5.58. The lowest BCUT2D eigenvalue weighted by atomic mass is 10.0. The molecule has 3 aromatic carbocycles. The number of hydrogen-bond acceptors (Lipinski definition) is 4. The van der Waals surface area contributed by atoms with Crippen molar-refractivity contribution in [3.63, 3.8) is 0 Å². The molecule has 1 heterocycles. The van der Waals surface area contributed by atoms with Crippen molar-refractivity contribution in [2.24, 2.45) is 0 Å². The Morgan fingerprint density at radius 2 is 1.45 bits per heavy atom. The minimum Gasteiger partial charge on any atom is -0.497 e. The van der Waals surface area contributed by atoms with Gasteiger partial charge in [-0.15, -0.1) is 0 Å². The number of rotatable bonds is 6. The highest BCUT2D eigenvalue weighted by atomic mass is 16.5. The summed E-state index contributed by atoms with van der Waals surface area (Å²) in [4.78, 5) is 28.0. The maximum atomic E-state index is 13.4. The second-order valence-electron chi connectivity index (χ2n) is 7.66. The van der Waals surface area contributed by atoms with Gasteiger partial charge in [-0.3, -0.25) is 9.59 Å². The van der Waals surface area contributed by atoms with Crippen LogP contribution in [-0.2, 0) is 9.59 Å². The number of nitrogens with one attached hydrogen (secondary N) is 1. The van der Waals surface area contributed by atoms with Gasteiger partial charge in [-0.05, 0) is 53.4 Å². The number of methoxy groups -OCH3 is 1. The van der Waals surface area contributed by atoms with Crippen molar-refractivity contribution < 1.29 is 14.3 Å². The highest BCUT2D eigenvalue weighted by Gasteiger charge is 2.40. The number of hydrogen-bond donors (Lipinski definition) is 1. The Labute approximate surface area is 182 Å².